The van der Waals surface area contributed by atoms with Crippen LogP contribution in [0.15, 0.2) is 24.3 Å². The molecule has 1 aliphatic heterocycles. The molecule has 0 spiro atoms. The normalized spacial score (nSPS) is 20.0. The molecular weight excluding hydrogens is 228 g/mol. The second-order valence-corrected chi connectivity index (χ2v) is 4.63. The topological polar surface area (TPSA) is 61.4 Å². The van der Waals surface area contributed by atoms with Gasteiger partial charge in [-0.05, 0) is 24.0 Å². The van der Waals surface area contributed by atoms with Gasteiger partial charge in [-0.1, -0.05) is 31.2 Å². The second-order valence-electron chi connectivity index (χ2n) is 4.63. The van der Waals surface area contributed by atoms with Crippen LogP contribution in [0.2, 0.25) is 0 Å². The van der Waals surface area contributed by atoms with E-state index >= 15 is 0 Å². The smallest absolute Gasteiger partial charge is 0.242 e. The van der Waals surface area contributed by atoms with Crippen molar-refractivity contribution in [2.45, 2.75) is 31.8 Å². The Balaban J connectivity index is 2.12. The lowest BCUT2D eigenvalue weighted by molar-refractivity contribution is -0.124. The molecular formula is C14H20N2O2. The molecule has 0 bridgehead atoms. The summed E-state index contributed by atoms with van der Waals surface area (Å²) in [5.41, 5.74) is 2.28. The lowest BCUT2D eigenvalue weighted by Crippen LogP contribution is -2.46. The van der Waals surface area contributed by atoms with Crippen molar-refractivity contribution in [3.8, 4) is 0 Å². The van der Waals surface area contributed by atoms with Crippen LogP contribution in [0, 0.1) is 0 Å². The van der Waals surface area contributed by atoms with Gasteiger partial charge >= 0.3 is 0 Å². The molecule has 1 aliphatic rings. The maximum absolute atomic E-state index is 12.2. The highest BCUT2D eigenvalue weighted by molar-refractivity contribution is 5.84. The highest BCUT2D eigenvalue weighted by Crippen LogP contribution is 2.22. The number of fused-ring (bicyclic) bond motifs is 1. The molecule has 0 saturated heterocycles. The summed E-state index contributed by atoms with van der Waals surface area (Å²) in [6.45, 7) is 2.74. The highest BCUT2D eigenvalue weighted by Gasteiger charge is 2.26. The molecule has 4 nitrogen and oxygen atoms in total. The van der Waals surface area contributed by atoms with E-state index in [1.165, 1.54) is 5.56 Å². The Morgan fingerprint density at radius 2 is 2.33 bits per heavy atom. The molecule has 1 aromatic rings. The number of aliphatic hydroxyl groups excluding tert-OH is 1. The summed E-state index contributed by atoms with van der Waals surface area (Å²) in [4.78, 5) is 12.2. The van der Waals surface area contributed by atoms with E-state index in [0.717, 1.165) is 24.9 Å². The van der Waals surface area contributed by atoms with Gasteiger partial charge in [0.15, 0.2) is 0 Å². The predicted molar refractivity (Wildman–Crippen MR) is 70.2 cm³/mol. The number of amides is 1. The lowest BCUT2D eigenvalue weighted by Gasteiger charge is -2.27. The molecule has 0 aliphatic carbocycles. The first-order chi connectivity index (χ1) is 8.76. The standard InChI is InChI=1S/C14H20N2O2/c1-2-11(9-17)16-14(18)13-12-6-4-3-5-10(12)7-8-15-13/h3-6,11,13,15,17H,2,7-9H2,1H3,(H,16,18)/t11-,13?/m0/s1. The molecule has 4 heteroatoms. The number of rotatable bonds is 4. The maximum Gasteiger partial charge on any atom is 0.242 e. The van der Waals surface area contributed by atoms with Crippen LogP contribution in [-0.2, 0) is 11.2 Å². The number of hydrogen-bond acceptors (Lipinski definition) is 3. The van der Waals surface area contributed by atoms with Crippen LogP contribution in [0.4, 0.5) is 0 Å². The first kappa shape index (κ1) is 13.1. The van der Waals surface area contributed by atoms with E-state index in [0.29, 0.717) is 0 Å². The fourth-order valence-electron chi connectivity index (χ4n) is 2.30. The summed E-state index contributed by atoms with van der Waals surface area (Å²) in [7, 11) is 0. The van der Waals surface area contributed by atoms with Crippen molar-refractivity contribution in [2.75, 3.05) is 13.2 Å². The van der Waals surface area contributed by atoms with Gasteiger partial charge in [0.05, 0.1) is 12.6 Å². The third-order valence-electron chi connectivity index (χ3n) is 3.43. The summed E-state index contributed by atoms with van der Waals surface area (Å²) in [5.74, 6) is -0.0527. The molecule has 2 atom stereocenters. The minimum atomic E-state index is -0.296. The average molecular weight is 248 g/mol. The predicted octanol–water partition coefficient (Wildman–Crippen LogP) is 0.760. The van der Waals surface area contributed by atoms with Gasteiger partial charge in [-0.3, -0.25) is 4.79 Å². The quantitative estimate of drug-likeness (QED) is 0.737. The molecule has 1 unspecified atom stereocenters. The van der Waals surface area contributed by atoms with Crippen LogP contribution in [0.5, 0.6) is 0 Å². The highest BCUT2D eigenvalue weighted by atomic mass is 16.3. The zero-order valence-corrected chi connectivity index (χ0v) is 10.6. The monoisotopic (exact) mass is 248 g/mol. The van der Waals surface area contributed by atoms with E-state index in [-0.39, 0.29) is 24.6 Å². The molecule has 1 amide bonds. The van der Waals surface area contributed by atoms with E-state index in [9.17, 15) is 4.79 Å². The van der Waals surface area contributed by atoms with E-state index in [1.807, 2.05) is 25.1 Å². The van der Waals surface area contributed by atoms with Crippen molar-refractivity contribution in [3.05, 3.63) is 35.4 Å². The van der Waals surface area contributed by atoms with Crippen molar-refractivity contribution in [1.82, 2.24) is 10.6 Å². The van der Waals surface area contributed by atoms with Crippen molar-refractivity contribution in [3.63, 3.8) is 0 Å². The fraction of sp³-hybridized carbons (Fsp3) is 0.500. The third kappa shape index (κ3) is 2.71. The van der Waals surface area contributed by atoms with Crippen LogP contribution >= 0.6 is 0 Å². The van der Waals surface area contributed by atoms with Crippen molar-refractivity contribution < 1.29 is 9.90 Å². The van der Waals surface area contributed by atoms with Crippen LogP contribution in [0.3, 0.4) is 0 Å². The molecule has 98 valence electrons. The van der Waals surface area contributed by atoms with E-state index in [4.69, 9.17) is 5.11 Å². The van der Waals surface area contributed by atoms with Gasteiger partial charge in [0.1, 0.15) is 6.04 Å². The average Bonchev–Trinajstić information content (AvgIpc) is 2.43. The summed E-state index contributed by atoms with van der Waals surface area (Å²) >= 11 is 0. The first-order valence-corrected chi connectivity index (χ1v) is 6.48. The van der Waals surface area contributed by atoms with Crippen molar-refractivity contribution >= 4 is 5.91 Å². The summed E-state index contributed by atoms with van der Waals surface area (Å²) in [6, 6.07) is 7.56. The van der Waals surface area contributed by atoms with Gasteiger partial charge in [-0.2, -0.15) is 0 Å². The molecule has 0 aromatic heterocycles. The Labute approximate surface area is 107 Å². The summed E-state index contributed by atoms with van der Waals surface area (Å²) in [5, 5.41) is 15.2. The lowest BCUT2D eigenvalue weighted by atomic mass is 9.94. The van der Waals surface area contributed by atoms with Gasteiger partial charge in [0.25, 0.3) is 0 Å². The van der Waals surface area contributed by atoms with E-state index < -0.39 is 0 Å². The van der Waals surface area contributed by atoms with Crippen molar-refractivity contribution in [1.29, 1.82) is 0 Å². The third-order valence-corrected chi connectivity index (χ3v) is 3.43. The second kappa shape index (κ2) is 5.98. The van der Waals surface area contributed by atoms with Crippen LogP contribution < -0.4 is 10.6 Å². The molecule has 2 rings (SSSR count). The first-order valence-electron chi connectivity index (χ1n) is 6.48. The molecule has 1 aromatic carbocycles. The minimum Gasteiger partial charge on any atom is -0.394 e. The molecule has 18 heavy (non-hydrogen) atoms. The van der Waals surface area contributed by atoms with Gasteiger partial charge < -0.3 is 15.7 Å². The maximum atomic E-state index is 12.2. The van der Waals surface area contributed by atoms with Crippen molar-refractivity contribution in [2.24, 2.45) is 0 Å². The van der Waals surface area contributed by atoms with Crippen LogP contribution in [0.25, 0.3) is 0 Å². The Morgan fingerprint density at radius 1 is 1.56 bits per heavy atom. The Kier molecular flexibility index (Phi) is 4.33. The van der Waals surface area contributed by atoms with E-state index in [1.54, 1.807) is 0 Å². The zero-order chi connectivity index (χ0) is 13.0. The largest absolute Gasteiger partial charge is 0.394 e. The SMILES string of the molecule is CC[C@@H](CO)NC(=O)C1NCCc2ccccc21. The van der Waals surface area contributed by atoms with Crippen LogP contribution in [0.1, 0.15) is 30.5 Å². The number of carbonyl (C=O) groups is 1. The van der Waals surface area contributed by atoms with Gasteiger partial charge in [0, 0.05) is 6.54 Å². The Bertz CT molecular complexity index is 416. The number of hydrogen-bond donors (Lipinski definition) is 3. The molecule has 0 fully saturated rings. The number of aliphatic hydroxyl groups is 1. The number of nitrogens with one attached hydrogen (secondary N) is 2. The summed E-state index contributed by atoms with van der Waals surface area (Å²) in [6.07, 6.45) is 1.69. The van der Waals surface area contributed by atoms with Gasteiger partial charge in [-0.15, -0.1) is 0 Å². The number of benzene rings is 1. The van der Waals surface area contributed by atoms with Gasteiger partial charge in [0.2, 0.25) is 5.91 Å². The van der Waals surface area contributed by atoms with Gasteiger partial charge in [-0.25, -0.2) is 0 Å². The Hall–Kier alpha value is -1.39. The summed E-state index contributed by atoms with van der Waals surface area (Å²) < 4.78 is 0. The molecule has 3 N–H and O–H groups in total. The zero-order valence-electron chi connectivity index (χ0n) is 10.6. The minimum absolute atomic E-state index is 0.0173. The molecule has 0 saturated carbocycles. The van der Waals surface area contributed by atoms with Crippen LogP contribution in [-0.4, -0.2) is 30.2 Å². The molecule has 1 heterocycles. The molecule has 0 radical (unpaired) electrons. The fourth-order valence-corrected chi connectivity index (χ4v) is 2.30. The van der Waals surface area contributed by atoms with E-state index in [2.05, 4.69) is 16.7 Å². The Morgan fingerprint density at radius 3 is 3.06 bits per heavy atom. The number of carbonyl (C=O) groups excluding carboxylic acids is 1.